The van der Waals surface area contributed by atoms with Crippen LogP contribution in [0.3, 0.4) is 0 Å². The molecule has 0 aliphatic carbocycles. The molecule has 2 unspecified atom stereocenters. The van der Waals surface area contributed by atoms with Crippen LogP contribution < -0.4 is 20.7 Å². The molecule has 0 spiro atoms. The Balaban J connectivity index is 1.21. The number of benzene rings is 1. The van der Waals surface area contributed by atoms with E-state index in [4.69, 9.17) is 30.0 Å². The van der Waals surface area contributed by atoms with Gasteiger partial charge in [0.1, 0.15) is 17.7 Å². The van der Waals surface area contributed by atoms with Gasteiger partial charge in [-0.15, -0.1) is 0 Å². The van der Waals surface area contributed by atoms with E-state index < -0.39 is 14.3 Å². The molecule has 0 radical (unpaired) electrons. The maximum atomic E-state index is 11.0. The Morgan fingerprint density at radius 1 is 1.07 bits per heavy atom. The first kappa shape index (κ1) is 33.8. The molecule has 2 aliphatic rings. The number of aliphatic carboxylic acids is 1. The van der Waals surface area contributed by atoms with E-state index >= 15 is 0 Å². The first-order valence-corrected chi connectivity index (χ1v) is 19.2. The monoisotopic (exact) mass is 647 g/mol. The molecule has 5 rings (SSSR count). The molecule has 0 saturated carbocycles. The number of nitrogens with zero attached hydrogens (tertiary/aromatic N) is 5. The van der Waals surface area contributed by atoms with Crippen LogP contribution in [0.4, 0.5) is 17.5 Å². The Kier molecular flexibility index (Phi) is 10.6. The van der Waals surface area contributed by atoms with Crippen molar-refractivity contribution in [3.8, 4) is 16.9 Å². The number of ether oxygens (including phenoxy) is 1. The van der Waals surface area contributed by atoms with Gasteiger partial charge >= 0.3 is 5.97 Å². The molecule has 11 nitrogen and oxygen atoms in total. The van der Waals surface area contributed by atoms with Crippen molar-refractivity contribution in [2.45, 2.75) is 82.8 Å². The molecule has 1 aromatic carbocycles. The number of likely N-dealkylation sites (tertiary alicyclic amines) is 1. The van der Waals surface area contributed by atoms with Crippen molar-refractivity contribution in [3.05, 3.63) is 55.0 Å². The van der Waals surface area contributed by atoms with Crippen molar-refractivity contribution in [1.82, 2.24) is 19.9 Å². The molecule has 4 heterocycles. The molecule has 3 aromatic rings. The lowest BCUT2D eigenvalue weighted by molar-refractivity contribution is -0.138. The van der Waals surface area contributed by atoms with Crippen LogP contribution in [0, 0.1) is 0 Å². The summed E-state index contributed by atoms with van der Waals surface area (Å²) in [5.41, 5.74) is 8.73. The summed E-state index contributed by atoms with van der Waals surface area (Å²) < 4.78 is 13.0. The number of nitrogens with two attached hydrogens (primary N) is 1. The van der Waals surface area contributed by atoms with Crippen LogP contribution in [0.25, 0.3) is 11.1 Å². The average Bonchev–Trinajstić information content (AvgIpc) is 3.39. The van der Waals surface area contributed by atoms with E-state index in [2.05, 4.69) is 49.1 Å². The maximum Gasteiger partial charge on any atom is 0.317 e. The normalized spacial score (nSPS) is 19.7. The van der Waals surface area contributed by atoms with E-state index in [-0.39, 0.29) is 29.8 Å². The lowest BCUT2D eigenvalue weighted by Gasteiger charge is -2.38. The van der Waals surface area contributed by atoms with Gasteiger partial charge in [0.15, 0.2) is 8.32 Å². The van der Waals surface area contributed by atoms with E-state index in [1.54, 1.807) is 6.20 Å². The molecule has 2 fully saturated rings. The number of hydrogen-bond donors (Lipinski definition) is 3. The summed E-state index contributed by atoms with van der Waals surface area (Å²) in [7, 11) is -1.90. The second-order valence-electron chi connectivity index (χ2n) is 14.0. The number of anilines is 3. The number of carboxylic acids is 1. The molecular formula is C34H49N7O4Si. The Hall–Kier alpha value is -3.58. The van der Waals surface area contributed by atoms with Gasteiger partial charge in [0.2, 0.25) is 5.95 Å². The summed E-state index contributed by atoms with van der Waals surface area (Å²) in [6, 6.07) is 12.0. The molecular weight excluding hydrogens is 599 g/mol. The highest BCUT2D eigenvalue weighted by Crippen LogP contribution is 2.39. The summed E-state index contributed by atoms with van der Waals surface area (Å²) in [4.78, 5) is 29.3. The highest BCUT2D eigenvalue weighted by Gasteiger charge is 2.43. The second kappa shape index (κ2) is 14.5. The first-order valence-electron chi connectivity index (χ1n) is 16.3. The summed E-state index contributed by atoms with van der Waals surface area (Å²) in [6.45, 7) is 14.3. The van der Waals surface area contributed by atoms with Crippen molar-refractivity contribution in [1.29, 1.82) is 0 Å². The lowest BCUT2D eigenvalue weighted by atomic mass is 10.1. The van der Waals surface area contributed by atoms with Crippen molar-refractivity contribution in [2.75, 3.05) is 42.9 Å². The summed E-state index contributed by atoms with van der Waals surface area (Å²) in [5, 5.41) is 12.6. The molecule has 4 N–H and O–H groups in total. The number of carbonyl (C=O) groups is 1. The number of aromatic nitrogens is 3. The van der Waals surface area contributed by atoms with E-state index in [1.807, 2.05) is 53.7 Å². The van der Waals surface area contributed by atoms with Crippen molar-refractivity contribution < 1.29 is 19.1 Å². The predicted molar refractivity (Wildman–Crippen MR) is 184 cm³/mol. The van der Waals surface area contributed by atoms with Gasteiger partial charge in [-0.25, -0.2) is 15.0 Å². The van der Waals surface area contributed by atoms with Crippen LogP contribution in [0.15, 0.2) is 55.0 Å². The number of rotatable bonds is 12. The van der Waals surface area contributed by atoms with Gasteiger partial charge in [0.05, 0.1) is 12.6 Å². The van der Waals surface area contributed by atoms with Gasteiger partial charge in [-0.3, -0.25) is 9.69 Å². The minimum Gasteiger partial charge on any atom is -0.490 e. The van der Waals surface area contributed by atoms with E-state index in [0.717, 1.165) is 67.9 Å². The third-order valence-corrected chi connectivity index (χ3v) is 14.0. The highest BCUT2D eigenvalue weighted by molar-refractivity contribution is 6.74. The number of hydrogen-bond acceptors (Lipinski definition) is 10. The van der Waals surface area contributed by atoms with Crippen LogP contribution in [0.5, 0.6) is 5.75 Å². The largest absolute Gasteiger partial charge is 0.490 e. The quantitative estimate of drug-likeness (QED) is 0.214. The average molecular weight is 648 g/mol. The van der Waals surface area contributed by atoms with Crippen LogP contribution in [-0.4, -0.2) is 90.2 Å². The molecule has 2 aliphatic heterocycles. The Morgan fingerprint density at radius 2 is 1.80 bits per heavy atom. The van der Waals surface area contributed by atoms with Crippen molar-refractivity contribution >= 4 is 31.7 Å². The zero-order valence-electron chi connectivity index (χ0n) is 27.8. The number of nitrogens with one attached hydrogen (secondary N) is 1. The van der Waals surface area contributed by atoms with Gasteiger partial charge < -0.3 is 30.2 Å². The summed E-state index contributed by atoms with van der Waals surface area (Å²) in [6.07, 6.45) is 9.14. The van der Waals surface area contributed by atoms with Gasteiger partial charge in [0, 0.05) is 61.6 Å². The second-order valence-corrected chi connectivity index (χ2v) is 18.7. The predicted octanol–water partition coefficient (Wildman–Crippen LogP) is 5.53. The Labute approximate surface area is 273 Å². The topological polar surface area (TPSA) is 139 Å². The van der Waals surface area contributed by atoms with Crippen LogP contribution in [0.1, 0.15) is 46.5 Å². The van der Waals surface area contributed by atoms with Gasteiger partial charge in [-0.1, -0.05) is 26.8 Å². The minimum absolute atomic E-state index is 0.0615. The van der Waals surface area contributed by atoms with Crippen LogP contribution in [0.2, 0.25) is 18.1 Å². The van der Waals surface area contributed by atoms with Crippen LogP contribution >= 0.6 is 0 Å². The van der Waals surface area contributed by atoms with E-state index in [9.17, 15) is 4.79 Å². The minimum atomic E-state index is -1.90. The molecule has 2 saturated heterocycles. The zero-order chi connectivity index (χ0) is 32.9. The Bertz CT molecular complexity index is 1460. The third-order valence-electron chi connectivity index (χ3n) is 9.43. The fourth-order valence-electron chi connectivity index (χ4n) is 5.92. The molecule has 0 amide bonds. The molecule has 12 heteroatoms. The van der Waals surface area contributed by atoms with Crippen LogP contribution in [-0.2, 0) is 9.22 Å². The first-order chi connectivity index (χ1) is 21.9. The highest BCUT2D eigenvalue weighted by atomic mass is 28.4. The number of piperidine rings is 1. The maximum absolute atomic E-state index is 11.0. The SMILES string of the molecule is CC(C)(C)[Si](C)(C)OC1CC(CCN)N(c2ncc(-c3ccnc(Nc4cccc(OC5CCN(CC(=O)O)CC5)c4)c3)cn2)C1. The summed E-state index contributed by atoms with van der Waals surface area (Å²) in [5.74, 6) is 1.39. The molecule has 2 aromatic heterocycles. The fraction of sp³-hybridized carbons (Fsp3) is 0.529. The number of carboxylic acid groups (broad SMARTS) is 1. The Morgan fingerprint density at radius 3 is 2.48 bits per heavy atom. The molecule has 46 heavy (non-hydrogen) atoms. The lowest BCUT2D eigenvalue weighted by Crippen LogP contribution is -2.44. The van der Waals surface area contributed by atoms with Crippen molar-refractivity contribution in [2.24, 2.45) is 5.73 Å². The zero-order valence-corrected chi connectivity index (χ0v) is 28.8. The smallest absolute Gasteiger partial charge is 0.317 e. The van der Waals surface area contributed by atoms with Gasteiger partial charge in [-0.05, 0) is 80.2 Å². The van der Waals surface area contributed by atoms with E-state index in [0.29, 0.717) is 18.3 Å². The number of pyridine rings is 1. The van der Waals surface area contributed by atoms with E-state index in [1.165, 1.54) is 0 Å². The summed E-state index contributed by atoms with van der Waals surface area (Å²) >= 11 is 0. The molecule has 0 bridgehead atoms. The van der Waals surface area contributed by atoms with Gasteiger partial charge in [0.25, 0.3) is 0 Å². The fourth-order valence-corrected chi connectivity index (χ4v) is 7.28. The third kappa shape index (κ3) is 8.61. The molecule has 2 atom stereocenters. The molecule has 248 valence electrons. The standard InChI is InChI=1S/C34H49N7O4Si/c1-34(2,3)46(4,5)45-30-19-27(9-13-35)41(22-30)33-37-20-25(21-38-33)24-10-14-36-31(17-24)39-26-7-6-8-29(18-26)44-28-11-15-40(16-12-28)23-32(42)43/h6-8,10,14,17-18,20-21,27-28,30H,9,11-13,15-16,19,22-23,35H2,1-5H3,(H,36,39)(H,42,43). The van der Waals surface area contributed by atoms with Crippen molar-refractivity contribution in [3.63, 3.8) is 0 Å². The van der Waals surface area contributed by atoms with Gasteiger partial charge in [-0.2, -0.15) is 0 Å².